The fraction of sp³-hybridized carbons (Fsp3) is 0.800. The Morgan fingerprint density at radius 3 is 2.78 bits per heavy atom. The van der Waals surface area contributed by atoms with Crippen LogP contribution in [0.5, 0.6) is 0 Å². The van der Waals surface area contributed by atoms with Gasteiger partial charge in [0.25, 0.3) is 0 Å². The molecule has 0 heterocycles. The molecule has 1 N–H and O–H groups in total. The summed E-state index contributed by atoms with van der Waals surface area (Å²) in [5, 5.41) is 16.7. The van der Waals surface area contributed by atoms with E-state index < -0.39 is 9.04 Å². The van der Waals surface area contributed by atoms with E-state index in [4.69, 9.17) is 14.8 Å². The highest BCUT2D eigenvalue weighted by atomic mass is 28.3. The van der Waals surface area contributed by atoms with Gasteiger partial charge >= 0.3 is 0 Å². The van der Waals surface area contributed by atoms with Gasteiger partial charge in [-0.3, -0.25) is 0 Å². The summed E-state index contributed by atoms with van der Waals surface area (Å²) in [7, 11) is 0.211. The van der Waals surface area contributed by atoms with Crippen LogP contribution < -0.4 is 0 Å². The first-order chi connectivity index (χ1) is 4.35. The molecular formula is C5H11NO2Si. The summed E-state index contributed by atoms with van der Waals surface area (Å²) in [6, 6.07) is 2.76. The van der Waals surface area contributed by atoms with Crippen LogP contribution in [0.1, 0.15) is 6.42 Å². The van der Waals surface area contributed by atoms with Crippen molar-refractivity contribution in [3.05, 3.63) is 0 Å². The van der Waals surface area contributed by atoms with E-state index in [0.29, 0.717) is 6.42 Å². The molecule has 4 heteroatoms. The lowest BCUT2D eigenvalue weighted by molar-refractivity contribution is 0.315. The fourth-order valence-electron chi connectivity index (χ4n) is 0.509. The summed E-state index contributed by atoms with van der Waals surface area (Å²) in [4.78, 5) is 0. The Labute approximate surface area is 56.6 Å². The third-order valence-corrected chi connectivity index (χ3v) is 3.12. The molecule has 0 aliphatic heterocycles. The minimum atomic E-state index is -1.38. The molecule has 0 saturated heterocycles. The summed E-state index contributed by atoms with van der Waals surface area (Å²) >= 11 is 0. The Balaban J connectivity index is 3.22. The Morgan fingerprint density at radius 2 is 2.44 bits per heavy atom. The number of rotatable bonds is 4. The van der Waals surface area contributed by atoms with Gasteiger partial charge in [-0.2, -0.15) is 5.26 Å². The molecular weight excluding hydrogens is 134 g/mol. The van der Waals surface area contributed by atoms with Crippen molar-refractivity contribution in [3.63, 3.8) is 0 Å². The van der Waals surface area contributed by atoms with Gasteiger partial charge in [0, 0.05) is 13.5 Å². The van der Waals surface area contributed by atoms with Crippen molar-refractivity contribution in [2.24, 2.45) is 0 Å². The van der Waals surface area contributed by atoms with Gasteiger partial charge in [0.2, 0.25) is 9.04 Å². The zero-order valence-electron chi connectivity index (χ0n) is 5.50. The fourth-order valence-corrected chi connectivity index (χ4v) is 1.53. The number of hydrogen-bond donors (Lipinski definition) is 1. The highest BCUT2D eigenvalue weighted by Gasteiger charge is 2.06. The van der Waals surface area contributed by atoms with Gasteiger partial charge in [-0.25, -0.2) is 0 Å². The number of hydrogen-bond acceptors (Lipinski definition) is 3. The summed E-state index contributed by atoms with van der Waals surface area (Å²) in [5.74, 6) is 0. The number of nitrogens with zero attached hydrogens (tertiary/aromatic N) is 1. The number of aliphatic hydroxyl groups excluding tert-OH is 1. The van der Waals surface area contributed by atoms with Crippen LogP contribution in [-0.2, 0) is 4.43 Å². The summed E-state index contributed by atoms with van der Waals surface area (Å²) in [6.07, 6.45) is 0.642. The molecule has 0 bridgehead atoms. The largest absolute Gasteiger partial charge is 0.421 e. The first kappa shape index (κ1) is 8.63. The van der Waals surface area contributed by atoms with Crippen molar-refractivity contribution in [2.75, 3.05) is 13.3 Å². The highest BCUT2D eigenvalue weighted by molar-refractivity contribution is 6.51. The molecule has 0 aromatic carbocycles. The molecule has 0 radical (unpaired) electrons. The smallest absolute Gasteiger partial charge is 0.202 e. The average Bonchev–Trinajstić information content (AvgIpc) is 1.91. The van der Waals surface area contributed by atoms with Gasteiger partial charge < -0.3 is 9.53 Å². The molecule has 1 unspecified atom stereocenters. The molecule has 0 amide bonds. The molecule has 0 saturated carbocycles. The number of nitriles is 1. The maximum Gasteiger partial charge on any atom is 0.202 e. The van der Waals surface area contributed by atoms with Gasteiger partial charge in [0.1, 0.15) is 0 Å². The monoisotopic (exact) mass is 145 g/mol. The van der Waals surface area contributed by atoms with Gasteiger partial charge in [-0.1, -0.05) is 0 Å². The molecule has 0 aliphatic carbocycles. The maximum atomic E-state index is 8.58. The maximum absolute atomic E-state index is 8.58. The van der Waals surface area contributed by atoms with Crippen molar-refractivity contribution in [3.8, 4) is 6.07 Å². The second kappa shape index (κ2) is 5.76. The molecule has 52 valence electrons. The van der Waals surface area contributed by atoms with E-state index in [2.05, 4.69) is 0 Å². The van der Waals surface area contributed by atoms with E-state index in [9.17, 15) is 0 Å². The molecule has 1 atom stereocenters. The van der Waals surface area contributed by atoms with Crippen molar-refractivity contribution in [1.29, 1.82) is 5.26 Å². The Bertz CT molecular complexity index is 97.6. The molecule has 0 rings (SSSR count). The number of aliphatic hydroxyl groups is 1. The minimum absolute atomic E-state index is 0.137. The van der Waals surface area contributed by atoms with E-state index in [1.807, 2.05) is 6.07 Å². The van der Waals surface area contributed by atoms with Gasteiger partial charge in [-0.15, -0.1) is 0 Å². The van der Waals surface area contributed by atoms with Crippen LogP contribution in [-0.4, -0.2) is 27.5 Å². The molecule has 0 fully saturated rings. The second-order valence-electron chi connectivity index (χ2n) is 1.74. The van der Waals surface area contributed by atoms with Crippen LogP contribution in [0.15, 0.2) is 0 Å². The van der Waals surface area contributed by atoms with Crippen molar-refractivity contribution >= 4 is 9.04 Å². The van der Waals surface area contributed by atoms with E-state index in [1.54, 1.807) is 7.11 Å². The molecule has 0 spiro atoms. The third-order valence-electron chi connectivity index (χ3n) is 1.12. The van der Waals surface area contributed by atoms with E-state index in [0.717, 1.165) is 6.04 Å². The minimum Gasteiger partial charge on any atom is -0.421 e. The lowest BCUT2D eigenvalue weighted by Gasteiger charge is -2.05. The SMILES string of the molecule is CO[SiH](CO)CCC#N. The molecule has 0 aromatic heterocycles. The summed E-state index contributed by atoms with van der Waals surface area (Å²) in [6.45, 7) is 0. The summed E-state index contributed by atoms with van der Waals surface area (Å²) in [5.41, 5.74) is 0. The average molecular weight is 145 g/mol. The molecule has 0 aliphatic rings. The lowest BCUT2D eigenvalue weighted by Crippen LogP contribution is -2.20. The van der Waals surface area contributed by atoms with E-state index >= 15 is 0 Å². The normalized spacial score (nSPS) is 12.6. The van der Waals surface area contributed by atoms with Crippen LogP contribution >= 0.6 is 0 Å². The Morgan fingerprint density at radius 1 is 1.78 bits per heavy atom. The molecule has 9 heavy (non-hydrogen) atoms. The highest BCUT2D eigenvalue weighted by Crippen LogP contribution is 1.95. The van der Waals surface area contributed by atoms with Crippen LogP contribution in [0.2, 0.25) is 6.04 Å². The molecule has 0 aromatic rings. The first-order valence-electron chi connectivity index (χ1n) is 2.85. The summed E-state index contributed by atoms with van der Waals surface area (Å²) < 4.78 is 4.94. The Kier molecular flexibility index (Phi) is 5.52. The molecule has 3 nitrogen and oxygen atoms in total. The van der Waals surface area contributed by atoms with Crippen LogP contribution in [0, 0.1) is 11.3 Å². The predicted molar refractivity (Wildman–Crippen MR) is 36.3 cm³/mol. The van der Waals surface area contributed by atoms with Crippen LogP contribution in [0.4, 0.5) is 0 Å². The van der Waals surface area contributed by atoms with Crippen molar-refractivity contribution in [1.82, 2.24) is 0 Å². The van der Waals surface area contributed by atoms with E-state index in [1.165, 1.54) is 0 Å². The first-order valence-corrected chi connectivity index (χ1v) is 4.96. The second-order valence-corrected chi connectivity index (χ2v) is 4.39. The lowest BCUT2D eigenvalue weighted by atomic mass is 10.6. The zero-order valence-corrected chi connectivity index (χ0v) is 6.66. The van der Waals surface area contributed by atoms with Gasteiger partial charge in [0.05, 0.1) is 12.3 Å². The third kappa shape index (κ3) is 4.15. The van der Waals surface area contributed by atoms with Crippen LogP contribution in [0.3, 0.4) is 0 Å². The van der Waals surface area contributed by atoms with Gasteiger partial charge in [0.15, 0.2) is 0 Å². The quantitative estimate of drug-likeness (QED) is 0.557. The topological polar surface area (TPSA) is 53.2 Å². The van der Waals surface area contributed by atoms with Crippen molar-refractivity contribution in [2.45, 2.75) is 12.5 Å². The standard InChI is InChI=1S/C5H11NO2Si/c1-8-9(5-7)4-2-3-6/h7,9H,2,4-5H2,1H3. The zero-order chi connectivity index (χ0) is 7.11. The Hall–Kier alpha value is -0.373. The predicted octanol–water partition coefficient (Wildman–Crippen LogP) is -0.198. The van der Waals surface area contributed by atoms with E-state index in [-0.39, 0.29) is 6.23 Å². The van der Waals surface area contributed by atoms with Crippen molar-refractivity contribution < 1.29 is 9.53 Å². The van der Waals surface area contributed by atoms with Gasteiger partial charge in [-0.05, 0) is 6.04 Å². The van der Waals surface area contributed by atoms with Crippen LogP contribution in [0.25, 0.3) is 0 Å².